The predicted octanol–water partition coefficient (Wildman–Crippen LogP) is 3.16. The number of alkyl halides is 1. The van der Waals surface area contributed by atoms with E-state index in [0.29, 0.717) is 32.4 Å². The van der Waals surface area contributed by atoms with Crippen LogP contribution in [-0.2, 0) is 19.1 Å². The Hall–Kier alpha value is -1.32. The highest BCUT2D eigenvalue weighted by Crippen LogP contribution is 2.68. The monoisotopic (exact) mass is 556 g/mol. The standard InChI is InChI=1S/C25H37BrN2O5S/c1-5-10-16(4)27(11-6-2)23(31)21-25-15-17(26)20(34-25)18(24(32)33-14-7-3)19(25)22(30)28(21)12-8-9-13-29/h6-7,16-21,29H,2-3,5,8-15H2,1,4H3/t16?,17?,18-,19-,20-,21?,25?/m0/s1. The van der Waals surface area contributed by atoms with Crippen molar-refractivity contribution in [3.8, 4) is 0 Å². The van der Waals surface area contributed by atoms with E-state index in [2.05, 4.69) is 36.0 Å². The highest BCUT2D eigenvalue weighted by Gasteiger charge is 2.76. The summed E-state index contributed by atoms with van der Waals surface area (Å²) in [6, 6.07) is -0.646. The number of thioether (sulfide) groups is 1. The van der Waals surface area contributed by atoms with Crippen LogP contribution in [0.3, 0.4) is 0 Å². The number of unbranched alkanes of at least 4 members (excludes halogenated alkanes) is 1. The predicted molar refractivity (Wildman–Crippen MR) is 138 cm³/mol. The number of carbonyl (C=O) groups excluding carboxylic acids is 3. The van der Waals surface area contributed by atoms with E-state index < -0.39 is 28.6 Å². The van der Waals surface area contributed by atoms with Crippen molar-refractivity contribution in [1.82, 2.24) is 9.80 Å². The van der Waals surface area contributed by atoms with Gasteiger partial charge >= 0.3 is 5.97 Å². The number of amides is 2. The van der Waals surface area contributed by atoms with Crippen molar-refractivity contribution in [3.05, 3.63) is 25.3 Å². The summed E-state index contributed by atoms with van der Waals surface area (Å²) in [4.78, 5) is 44.7. The maximum atomic E-state index is 14.2. The van der Waals surface area contributed by atoms with E-state index in [0.717, 1.165) is 12.8 Å². The Bertz CT molecular complexity index is 810. The lowest BCUT2D eigenvalue weighted by Gasteiger charge is -2.39. The molecule has 3 heterocycles. The van der Waals surface area contributed by atoms with Gasteiger partial charge in [-0.25, -0.2) is 0 Å². The second kappa shape index (κ2) is 11.6. The molecule has 3 saturated heterocycles. The van der Waals surface area contributed by atoms with Crippen LogP contribution in [0.4, 0.5) is 0 Å². The SMILES string of the molecule is C=CCOC(=O)[C@H]1[C@H]2C(=O)N(CCCCO)C(C(=O)N(CC=C)C(C)CCC)C23CC(Br)[C@@H]1S3. The highest BCUT2D eigenvalue weighted by molar-refractivity contribution is 9.09. The maximum Gasteiger partial charge on any atom is 0.311 e. The number of hydrogen-bond donors (Lipinski definition) is 1. The van der Waals surface area contributed by atoms with E-state index in [4.69, 9.17) is 4.74 Å². The Labute approximate surface area is 215 Å². The van der Waals surface area contributed by atoms with E-state index in [1.54, 1.807) is 22.7 Å². The Morgan fingerprint density at radius 2 is 2.12 bits per heavy atom. The molecule has 3 aliphatic heterocycles. The Kier molecular flexibility index (Phi) is 9.31. The van der Waals surface area contributed by atoms with Crippen molar-refractivity contribution >= 4 is 45.5 Å². The first-order valence-corrected chi connectivity index (χ1v) is 14.0. The van der Waals surface area contributed by atoms with Crippen LogP contribution in [0.2, 0.25) is 0 Å². The minimum Gasteiger partial charge on any atom is -0.461 e. The van der Waals surface area contributed by atoms with Gasteiger partial charge in [-0.1, -0.05) is 48.0 Å². The lowest BCUT2D eigenvalue weighted by Crippen LogP contribution is -2.57. The molecule has 0 aromatic carbocycles. The zero-order valence-corrected chi connectivity index (χ0v) is 22.6. The molecular weight excluding hydrogens is 520 g/mol. The van der Waals surface area contributed by atoms with Gasteiger partial charge in [0.15, 0.2) is 0 Å². The summed E-state index contributed by atoms with van der Waals surface area (Å²) in [5.41, 5.74) is 0. The third-order valence-corrected chi connectivity index (χ3v) is 10.5. The van der Waals surface area contributed by atoms with E-state index in [1.165, 1.54) is 6.08 Å². The van der Waals surface area contributed by atoms with E-state index in [9.17, 15) is 19.5 Å². The molecule has 7 nitrogen and oxygen atoms in total. The molecule has 2 bridgehead atoms. The number of rotatable bonds is 13. The summed E-state index contributed by atoms with van der Waals surface area (Å²) in [6.45, 7) is 12.5. The summed E-state index contributed by atoms with van der Waals surface area (Å²) in [5.74, 6) is -1.81. The first-order chi connectivity index (χ1) is 16.3. The van der Waals surface area contributed by atoms with Crippen LogP contribution in [0.5, 0.6) is 0 Å². The average molecular weight is 558 g/mol. The summed E-state index contributed by atoms with van der Waals surface area (Å²) < 4.78 is 4.73. The average Bonchev–Trinajstić information content (AvgIpc) is 3.39. The third kappa shape index (κ3) is 4.72. The number of halogens is 1. The Balaban J connectivity index is 2.02. The van der Waals surface area contributed by atoms with Gasteiger partial charge in [0.25, 0.3) is 0 Å². The third-order valence-electron chi connectivity index (χ3n) is 7.29. The maximum absolute atomic E-state index is 14.2. The molecule has 3 aliphatic rings. The molecule has 1 spiro atoms. The molecule has 9 heteroatoms. The number of aliphatic hydroxyl groups excluding tert-OH is 1. The molecule has 7 atom stereocenters. The topological polar surface area (TPSA) is 87.1 Å². The van der Waals surface area contributed by atoms with Gasteiger partial charge in [0.05, 0.1) is 16.6 Å². The summed E-state index contributed by atoms with van der Waals surface area (Å²) >= 11 is 5.37. The molecular formula is C25H37BrN2O5S. The van der Waals surface area contributed by atoms with Crippen LogP contribution in [0, 0.1) is 11.8 Å². The lowest BCUT2D eigenvalue weighted by atomic mass is 9.71. The molecule has 3 fully saturated rings. The van der Waals surface area contributed by atoms with Gasteiger partial charge in [-0.3, -0.25) is 14.4 Å². The molecule has 34 heavy (non-hydrogen) atoms. The van der Waals surface area contributed by atoms with Crippen molar-refractivity contribution in [2.75, 3.05) is 26.3 Å². The molecule has 190 valence electrons. The second-order valence-electron chi connectivity index (χ2n) is 9.46. The fourth-order valence-corrected chi connectivity index (χ4v) is 9.50. The van der Waals surface area contributed by atoms with E-state index in [-0.39, 0.29) is 41.1 Å². The zero-order chi connectivity index (χ0) is 25.0. The number of esters is 1. The molecule has 2 amide bonds. The van der Waals surface area contributed by atoms with Crippen LogP contribution in [0.1, 0.15) is 46.0 Å². The van der Waals surface area contributed by atoms with Crippen molar-refractivity contribution in [2.24, 2.45) is 11.8 Å². The fourth-order valence-electron chi connectivity index (χ4n) is 5.91. The van der Waals surface area contributed by atoms with Crippen LogP contribution < -0.4 is 0 Å². The van der Waals surface area contributed by atoms with Crippen LogP contribution >= 0.6 is 27.7 Å². The molecule has 1 N–H and O–H groups in total. The summed E-state index contributed by atoms with van der Waals surface area (Å²) in [7, 11) is 0. The Morgan fingerprint density at radius 1 is 1.38 bits per heavy atom. The van der Waals surface area contributed by atoms with Crippen molar-refractivity contribution in [2.45, 2.75) is 72.9 Å². The van der Waals surface area contributed by atoms with Crippen LogP contribution in [0.25, 0.3) is 0 Å². The van der Waals surface area contributed by atoms with Crippen LogP contribution in [-0.4, -0.2) is 85.9 Å². The normalized spacial score (nSPS) is 32.4. The van der Waals surface area contributed by atoms with Crippen molar-refractivity contribution in [3.63, 3.8) is 0 Å². The molecule has 0 aromatic heterocycles. The van der Waals surface area contributed by atoms with Gasteiger partial charge < -0.3 is 19.6 Å². The van der Waals surface area contributed by atoms with Gasteiger partial charge in [-0.15, -0.1) is 18.3 Å². The van der Waals surface area contributed by atoms with Crippen molar-refractivity contribution in [1.29, 1.82) is 0 Å². The number of likely N-dealkylation sites (tertiary alicyclic amines) is 1. The summed E-state index contributed by atoms with van der Waals surface area (Å²) in [6.07, 6.45) is 6.83. The lowest BCUT2D eigenvalue weighted by molar-refractivity contribution is -0.153. The van der Waals surface area contributed by atoms with Gasteiger partial charge in [-0.05, 0) is 32.6 Å². The van der Waals surface area contributed by atoms with E-state index in [1.807, 2.05) is 11.8 Å². The number of fused-ring (bicyclic) bond motifs is 1. The minimum atomic E-state index is -0.685. The number of nitrogens with zero attached hydrogens (tertiary/aromatic N) is 2. The molecule has 0 radical (unpaired) electrons. The van der Waals surface area contributed by atoms with Crippen molar-refractivity contribution < 1.29 is 24.2 Å². The minimum absolute atomic E-state index is 0.0106. The van der Waals surface area contributed by atoms with Gasteiger partial charge in [0, 0.05) is 35.8 Å². The number of carbonyl (C=O) groups is 3. The second-order valence-corrected chi connectivity index (χ2v) is 12.2. The first kappa shape index (κ1) is 27.3. The number of ether oxygens (including phenoxy) is 1. The molecule has 0 saturated carbocycles. The van der Waals surface area contributed by atoms with Gasteiger partial charge in [-0.2, -0.15) is 0 Å². The quantitative estimate of drug-likeness (QED) is 0.162. The molecule has 0 aliphatic carbocycles. The number of aliphatic hydroxyl groups is 1. The van der Waals surface area contributed by atoms with Gasteiger partial charge in [0.2, 0.25) is 11.8 Å². The summed E-state index contributed by atoms with van der Waals surface area (Å²) in [5, 5.41) is 9.18. The molecule has 3 rings (SSSR count). The molecule has 0 aromatic rings. The fraction of sp³-hybridized carbons (Fsp3) is 0.720. The zero-order valence-electron chi connectivity index (χ0n) is 20.2. The molecule has 4 unspecified atom stereocenters. The largest absolute Gasteiger partial charge is 0.461 e. The first-order valence-electron chi connectivity index (χ1n) is 12.2. The Morgan fingerprint density at radius 3 is 2.74 bits per heavy atom. The highest BCUT2D eigenvalue weighted by atomic mass is 79.9. The van der Waals surface area contributed by atoms with Crippen LogP contribution in [0.15, 0.2) is 25.3 Å². The van der Waals surface area contributed by atoms with Gasteiger partial charge in [0.1, 0.15) is 12.6 Å². The smallest absolute Gasteiger partial charge is 0.311 e. The van der Waals surface area contributed by atoms with E-state index >= 15 is 0 Å². The number of hydrogen-bond acceptors (Lipinski definition) is 6.